The van der Waals surface area contributed by atoms with E-state index in [4.69, 9.17) is 4.74 Å². The fourth-order valence-corrected chi connectivity index (χ4v) is 2.22. The number of hydrogen-bond donors (Lipinski definition) is 1. The smallest absolute Gasteiger partial charge is 0.354 e. The predicted octanol–water partition coefficient (Wildman–Crippen LogP) is 2.65. The van der Waals surface area contributed by atoms with Crippen LogP contribution in [-0.2, 0) is 6.54 Å². The Balaban J connectivity index is 2.28. The zero-order chi connectivity index (χ0) is 14.7. The SMILES string of the molecule is CCOc1ccc(Cn2c(C)nc(C)c2C(=O)O)cc1. The lowest BCUT2D eigenvalue weighted by Crippen LogP contribution is -2.11. The molecule has 0 aliphatic rings. The Kier molecular flexibility index (Phi) is 4.08. The van der Waals surface area contributed by atoms with Gasteiger partial charge >= 0.3 is 5.97 Å². The van der Waals surface area contributed by atoms with Gasteiger partial charge in [-0.25, -0.2) is 9.78 Å². The van der Waals surface area contributed by atoms with E-state index in [9.17, 15) is 9.90 Å². The molecule has 0 unspecified atom stereocenters. The lowest BCUT2D eigenvalue weighted by molar-refractivity contribution is 0.0684. The number of carboxylic acids is 1. The average molecular weight is 274 g/mol. The highest BCUT2D eigenvalue weighted by Crippen LogP contribution is 2.17. The Bertz CT molecular complexity index is 615. The molecular weight excluding hydrogens is 256 g/mol. The molecule has 0 amide bonds. The molecule has 2 aromatic rings. The number of ether oxygens (including phenoxy) is 1. The Morgan fingerprint density at radius 1 is 1.30 bits per heavy atom. The van der Waals surface area contributed by atoms with Gasteiger partial charge in [0, 0.05) is 6.54 Å². The van der Waals surface area contributed by atoms with E-state index in [-0.39, 0.29) is 5.69 Å². The molecule has 0 atom stereocenters. The van der Waals surface area contributed by atoms with E-state index < -0.39 is 5.97 Å². The first-order valence-corrected chi connectivity index (χ1v) is 6.51. The topological polar surface area (TPSA) is 64.4 Å². The maximum absolute atomic E-state index is 11.3. The molecule has 2 rings (SSSR count). The van der Waals surface area contributed by atoms with Crippen LogP contribution in [0.4, 0.5) is 0 Å². The van der Waals surface area contributed by atoms with Gasteiger partial charge in [-0.3, -0.25) is 0 Å². The molecule has 1 aromatic carbocycles. The molecule has 1 heterocycles. The quantitative estimate of drug-likeness (QED) is 0.910. The van der Waals surface area contributed by atoms with Crippen LogP contribution in [-0.4, -0.2) is 27.2 Å². The summed E-state index contributed by atoms with van der Waals surface area (Å²) in [7, 11) is 0. The third kappa shape index (κ3) is 2.82. The second-order valence-corrected chi connectivity index (χ2v) is 4.56. The van der Waals surface area contributed by atoms with Crippen molar-refractivity contribution in [2.24, 2.45) is 0 Å². The van der Waals surface area contributed by atoms with Crippen LogP contribution in [0, 0.1) is 13.8 Å². The maximum Gasteiger partial charge on any atom is 0.354 e. The summed E-state index contributed by atoms with van der Waals surface area (Å²) < 4.78 is 7.10. The summed E-state index contributed by atoms with van der Waals surface area (Å²) in [5.74, 6) is 0.566. The second-order valence-electron chi connectivity index (χ2n) is 4.56. The number of carbonyl (C=O) groups is 1. The molecule has 0 aliphatic heterocycles. The number of hydrogen-bond acceptors (Lipinski definition) is 3. The molecule has 0 fully saturated rings. The summed E-state index contributed by atoms with van der Waals surface area (Å²) in [6.45, 7) is 6.58. The van der Waals surface area contributed by atoms with Gasteiger partial charge in [-0.1, -0.05) is 12.1 Å². The fourth-order valence-electron chi connectivity index (χ4n) is 2.22. The highest BCUT2D eigenvalue weighted by Gasteiger charge is 2.17. The summed E-state index contributed by atoms with van der Waals surface area (Å²) in [5, 5.41) is 9.27. The Morgan fingerprint density at radius 3 is 2.50 bits per heavy atom. The van der Waals surface area contributed by atoms with Gasteiger partial charge in [-0.2, -0.15) is 0 Å². The Labute approximate surface area is 117 Å². The van der Waals surface area contributed by atoms with Gasteiger partial charge in [0.1, 0.15) is 11.6 Å². The Hall–Kier alpha value is -2.30. The van der Waals surface area contributed by atoms with Crippen molar-refractivity contribution in [1.29, 1.82) is 0 Å². The summed E-state index contributed by atoms with van der Waals surface area (Å²) in [6.07, 6.45) is 0. The molecule has 0 saturated carbocycles. The number of imidazole rings is 1. The molecule has 5 nitrogen and oxygen atoms in total. The van der Waals surface area contributed by atoms with Crippen LogP contribution in [0.3, 0.4) is 0 Å². The van der Waals surface area contributed by atoms with E-state index in [1.54, 1.807) is 11.5 Å². The van der Waals surface area contributed by atoms with Gasteiger partial charge in [0.15, 0.2) is 5.69 Å². The third-order valence-electron chi connectivity index (χ3n) is 3.11. The summed E-state index contributed by atoms with van der Waals surface area (Å²) in [5.41, 5.74) is 1.80. The molecule has 1 aromatic heterocycles. The molecule has 0 bridgehead atoms. The zero-order valence-corrected chi connectivity index (χ0v) is 11.9. The highest BCUT2D eigenvalue weighted by molar-refractivity contribution is 5.87. The number of benzene rings is 1. The van der Waals surface area contributed by atoms with Crippen molar-refractivity contribution in [1.82, 2.24) is 9.55 Å². The van der Waals surface area contributed by atoms with Crippen molar-refractivity contribution >= 4 is 5.97 Å². The minimum Gasteiger partial charge on any atom is -0.494 e. The first kappa shape index (κ1) is 14.1. The minimum absolute atomic E-state index is 0.247. The molecule has 5 heteroatoms. The molecule has 0 radical (unpaired) electrons. The minimum atomic E-state index is -0.950. The molecular formula is C15H18N2O3. The largest absolute Gasteiger partial charge is 0.494 e. The van der Waals surface area contributed by atoms with Gasteiger partial charge in [-0.15, -0.1) is 0 Å². The van der Waals surface area contributed by atoms with Crippen LogP contribution in [0.5, 0.6) is 5.75 Å². The van der Waals surface area contributed by atoms with Gasteiger partial charge in [0.05, 0.1) is 12.3 Å². The number of aromatic carboxylic acids is 1. The molecule has 106 valence electrons. The maximum atomic E-state index is 11.3. The molecule has 0 saturated heterocycles. The third-order valence-corrected chi connectivity index (χ3v) is 3.11. The zero-order valence-electron chi connectivity index (χ0n) is 11.9. The van der Waals surface area contributed by atoms with Gasteiger partial charge in [0.25, 0.3) is 0 Å². The highest BCUT2D eigenvalue weighted by atomic mass is 16.5. The first-order valence-electron chi connectivity index (χ1n) is 6.51. The number of rotatable bonds is 5. The van der Waals surface area contributed by atoms with Crippen LogP contribution in [0.2, 0.25) is 0 Å². The number of aryl methyl sites for hydroxylation is 2. The van der Waals surface area contributed by atoms with Crippen molar-refractivity contribution in [3.8, 4) is 5.75 Å². The van der Waals surface area contributed by atoms with E-state index in [1.165, 1.54) is 0 Å². The standard InChI is InChI=1S/C15H18N2O3/c1-4-20-13-7-5-12(6-8-13)9-17-11(3)16-10(2)14(17)15(18)19/h5-8H,4,9H2,1-3H3,(H,18,19). The predicted molar refractivity (Wildman–Crippen MR) is 75.4 cm³/mol. The van der Waals surface area contributed by atoms with Gasteiger partial charge < -0.3 is 14.4 Å². The van der Waals surface area contributed by atoms with E-state index in [0.717, 1.165) is 11.3 Å². The first-order chi connectivity index (χ1) is 9.52. The van der Waals surface area contributed by atoms with Crippen molar-refractivity contribution in [2.45, 2.75) is 27.3 Å². The van der Waals surface area contributed by atoms with Crippen LogP contribution in [0.1, 0.15) is 34.5 Å². The van der Waals surface area contributed by atoms with Crippen molar-refractivity contribution in [3.63, 3.8) is 0 Å². The second kappa shape index (κ2) is 5.77. The van der Waals surface area contributed by atoms with Crippen molar-refractivity contribution in [2.75, 3.05) is 6.61 Å². The van der Waals surface area contributed by atoms with Gasteiger partial charge in [0.2, 0.25) is 0 Å². The summed E-state index contributed by atoms with van der Waals surface area (Å²) in [4.78, 5) is 15.5. The Morgan fingerprint density at radius 2 is 1.95 bits per heavy atom. The molecule has 0 aliphatic carbocycles. The summed E-state index contributed by atoms with van der Waals surface area (Å²) in [6, 6.07) is 7.65. The molecule has 20 heavy (non-hydrogen) atoms. The molecule has 0 spiro atoms. The van der Waals surface area contributed by atoms with E-state index in [0.29, 0.717) is 24.7 Å². The van der Waals surface area contributed by atoms with Crippen LogP contribution in [0.25, 0.3) is 0 Å². The summed E-state index contributed by atoms with van der Waals surface area (Å²) >= 11 is 0. The lowest BCUT2D eigenvalue weighted by atomic mass is 10.2. The van der Waals surface area contributed by atoms with E-state index in [2.05, 4.69) is 4.98 Å². The van der Waals surface area contributed by atoms with E-state index >= 15 is 0 Å². The van der Waals surface area contributed by atoms with Crippen molar-refractivity contribution in [3.05, 3.63) is 47.0 Å². The molecule has 1 N–H and O–H groups in total. The number of aromatic nitrogens is 2. The van der Waals surface area contributed by atoms with Crippen LogP contribution in [0.15, 0.2) is 24.3 Å². The number of carboxylic acid groups (broad SMARTS) is 1. The van der Waals surface area contributed by atoms with Crippen molar-refractivity contribution < 1.29 is 14.6 Å². The average Bonchev–Trinajstić information content (AvgIpc) is 2.67. The fraction of sp³-hybridized carbons (Fsp3) is 0.333. The van der Waals surface area contributed by atoms with E-state index in [1.807, 2.05) is 38.1 Å². The monoisotopic (exact) mass is 274 g/mol. The van der Waals surface area contributed by atoms with Crippen LogP contribution >= 0.6 is 0 Å². The number of nitrogens with zero attached hydrogens (tertiary/aromatic N) is 2. The van der Waals surface area contributed by atoms with Gasteiger partial charge in [-0.05, 0) is 38.5 Å². The van der Waals surface area contributed by atoms with Crippen LogP contribution < -0.4 is 4.74 Å². The lowest BCUT2D eigenvalue weighted by Gasteiger charge is -2.09. The normalized spacial score (nSPS) is 10.6.